The van der Waals surface area contributed by atoms with Crippen molar-refractivity contribution in [2.75, 3.05) is 25.6 Å². The van der Waals surface area contributed by atoms with Gasteiger partial charge in [-0.05, 0) is 37.5 Å². The quantitative estimate of drug-likeness (QED) is 0.274. The number of aromatic amines is 1. The molecule has 2 aromatic heterocycles. The number of hydrogen-bond acceptors (Lipinski definition) is 6. The molecule has 3 aromatic rings. The van der Waals surface area contributed by atoms with Gasteiger partial charge in [-0.1, -0.05) is 44.4 Å². The molecule has 0 spiro atoms. The van der Waals surface area contributed by atoms with E-state index in [-0.39, 0.29) is 24.0 Å². The van der Waals surface area contributed by atoms with Crippen LogP contribution in [0.5, 0.6) is 11.5 Å². The summed E-state index contributed by atoms with van der Waals surface area (Å²) in [4.78, 5) is 21.5. The molecule has 5 rings (SSSR count). The third-order valence-corrected chi connectivity index (χ3v) is 7.73. The number of nitrogens with one attached hydrogen (secondary N) is 3. The van der Waals surface area contributed by atoms with E-state index in [4.69, 9.17) is 25.8 Å². The third-order valence-electron chi connectivity index (χ3n) is 7.43. The van der Waals surface area contributed by atoms with Gasteiger partial charge in [0.2, 0.25) is 0 Å². The Morgan fingerprint density at radius 1 is 1.29 bits per heavy atom. The fourth-order valence-corrected chi connectivity index (χ4v) is 5.60. The Morgan fingerprint density at radius 2 is 2.16 bits per heavy atom. The summed E-state index contributed by atoms with van der Waals surface area (Å²) in [5.41, 5.74) is 4.35. The van der Waals surface area contributed by atoms with Crippen LogP contribution < -0.4 is 20.1 Å². The fourth-order valence-electron chi connectivity index (χ4n) is 5.35. The highest BCUT2D eigenvalue weighted by Crippen LogP contribution is 2.45. The molecule has 0 bridgehead atoms. The first-order valence-corrected chi connectivity index (χ1v) is 13.7. The zero-order valence-corrected chi connectivity index (χ0v) is 22.9. The van der Waals surface area contributed by atoms with Crippen LogP contribution in [0.1, 0.15) is 67.9 Å². The van der Waals surface area contributed by atoms with Crippen molar-refractivity contribution in [2.24, 2.45) is 0 Å². The number of fused-ring (bicyclic) bond motifs is 1. The van der Waals surface area contributed by atoms with E-state index >= 15 is 0 Å². The summed E-state index contributed by atoms with van der Waals surface area (Å²) in [5.74, 6) is 1.12. The van der Waals surface area contributed by atoms with Gasteiger partial charge in [-0.25, -0.2) is 0 Å². The Kier molecular flexibility index (Phi) is 8.09. The van der Waals surface area contributed by atoms with Gasteiger partial charge in [-0.15, -0.1) is 0 Å². The number of amides is 1. The molecular weight excluding hydrogens is 504 g/mol. The number of ether oxygens (including phenoxy) is 3. The molecule has 0 saturated carbocycles. The number of carbonyl (C=O) groups is 1. The van der Waals surface area contributed by atoms with Gasteiger partial charge in [0.1, 0.15) is 12.4 Å². The number of carbonyl (C=O) groups excluding carboxylic acids is 1. The summed E-state index contributed by atoms with van der Waals surface area (Å²) in [5, 5.41) is 7.20. The Morgan fingerprint density at radius 3 is 2.92 bits per heavy atom. The van der Waals surface area contributed by atoms with Crippen LogP contribution in [0.25, 0.3) is 11.3 Å². The average Bonchev–Trinajstić information content (AvgIpc) is 3.58. The lowest BCUT2D eigenvalue weighted by Gasteiger charge is -2.30. The highest BCUT2D eigenvalue weighted by atomic mass is 35.5. The Bertz CT molecular complexity index is 1290. The zero-order chi connectivity index (χ0) is 26.6. The number of para-hydroxylation sites is 1. The summed E-state index contributed by atoms with van der Waals surface area (Å²) in [6.07, 6.45) is 8.57. The lowest BCUT2D eigenvalue weighted by molar-refractivity contribution is 0.0680. The van der Waals surface area contributed by atoms with E-state index in [2.05, 4.69) is 34.4 Å². The number of H-pyrrole nitrogens is 1. The number of rotatable bonds is 10. The van der Waals surface area contributed by atoms with Gasteiger partial charge in [0.05, 0.1) is 47.1 Å². The van der Waals surface area contributed by atoms with Crippen LogP contribution in [0.15, 0.2) is 36.7 Å². The van der Waals surface area contributed by atoms with Gasteiger partial charge in [0, 0.05) is 36.0 Å². The topological polar surface area (TPSA) is 97.5 Å². The van der Waals surface area contributed by atoms with Crippen LogP contribution in [0.4, 0.5) is 11.4 Å². The molecule has 0 aliphatic carbocycles. The van der Waals surface area contributed by atoms with E-state index in [0.29, 0.717) is 40.1 Å². The minimum Gasteiger partial charge on any atom is -0.493 e. The third kappa shape index (κ3) is 5.20. The van der Waals surface area contributed by atoms with E-state index in [1.165, 1.54) is 0 Å². The average molecular weight is 539 g/mol. The molecule has 2 aliphatic heterocycles. The maximum absolute atomic E-state index is 13.6. The molecule has 1 fully saturated rings. The SMILES string of the molecule is CCCC[C@@H]1NC(=O)c2c([nH]c(-c3ccncc3OC[C@@H]3CCCO3)c2Nc2cccc(Cl)c2OC)[C@@H]1C. The molecule has 1 amide bonds. The summed E-state index contributed by atoms with van der Waals surface area (Å²) < 4.78 is 17.6. The predicted molar refractivity (Wildman–Crippen MR) is 149 cm³/mol. The smallest absolute Gasteiger partial charge is 0.255 e. The van der Waals surface area contributed by atoms with Gasteiger partial charge in [-0.2, -0.15) is 0 Å². The number of pyridine rings is 1. The Hall–Kier alpha value is -3.23. The summed E-state index contributed by atoms with van der Waals surface area (Å²) >= 11 is 6.43. The molecule has 8 nitrogen and oxygen atoms in total. The molecule has 3 N–H and O–H groups in total. The lowest BCUT2D eigenvalue weighted by atomic mass is 9.87. The molecule has 9 heteroatoms. The van der Waals surface area contributed by atoms with Crippen LogP contribution >= 0.6 is 11.6 Å². The minimum atomic E-state index is -0.110. The van der Waals surface area contributed by atoms with Gasteiger partial charge in [-0.3, -0.25) is 9.78 Å². The van der Waals surface area contributed by atoms with Crippen molar-refractivity contribution in [3.05, 3.63) is 52.9 Å². The summed E-state index contributed by atoms with van der Waals surface area (Å²) in [7, 11) is 1.58. The maximum atomic E-state index is 13.6. The molecule has 4 heterocycles. The van der Waals surface area contributed by atoms with Gasteiger partial charge in [0.15, 0.2) is 5.75 Å². The second kappa shape index (κ2) is 11.7. The first-order chi connectivity index (χ1) is 18.5. The molecule has 38 heavy (non-hydrogen) atoms. The molecule has 0 radical (unpaired) electrons. The van der Waals surface area contributed by atoms with Crippen molar-refractivity contribution in [1.29, 1.82) is 0 Å². The number of halogens is 1. The molecule has 1 saturated heterocycles. The Labute approximate surface area is 228 Å². The number of aromatic nitrogens is 2. The highest BCUT2D eigenvalue weighted by Gasteiger charge is 2.36. The van der Waals surface area contributed by atoms with Crippen LogP contribution in [0.3, 0.4) is 0 Å². The number of unbranched alkanes of at least 4 members (excludes halogenated alkanes) is 1. The zero-order valence-electron chi connectivity index (χ0n) is 22.1. The summed E-state index contributed by atoms with van der Waals surface area (Å²) in [6.45, 7) is 5.53. The van der Waals surface area contributed by atoms with Gasteiger partial charge < -0.3 is 29.8 Å². The monoisotopic (exact) mass is 538 g/mol. The number of hydrogen-bond donors (Lipinski definition) is 3. The van der Waals surface area contributed by atoms with Crippen LogP contribution in [-0.4, -0.2) is 48.3 Å². The molecule has 1 aromatic carbocycles. The van der Waals surface area contributed by atoms with Gasteiger partial charge >= 0.3 is 0 Å². The number of benzene rings is 1. The van der Waals surface area contributed by atoms with Gasteiger partial charge in [0.25, 0.3) is 5.91 Å². The van der Waals surface area contributed by atoms with E-state index in [0.717, 1.165) is 55.7 Å². The van der Waals surface area contributed by atoms with Crippen molar-refractivity contribution < 1.29 is 19.0 Å². The number of methoxy groups -OCH3 is 1. The van der Waals surface area contributed by atoms with E-state index < -0.39 is 0 Å². The van der Waals surface area contributed by atoms with Crippen molar-refractivity contribution in [2.45, 2.75) is 64.0 Å². The first kappa shape index (κ1) is 26.4. The van der Waals surface area contributed by atoms with Crippen molar-refractivity contribution in [3.8, 4) is 22.8 Å². The molecule has 3 atom stereocenters. The largest absolute Gasteiger partial charge is 0.493 e. The highest BCUT2D eigenvalue weighted by molar-refractivity contribution is 6.32. The van der Waals surface area contributed by atoms with Crippen molar-refractivity contribution in [3.63, 3.8) is 0 Å². The lowest BCUT2D eigenvalue weighted by Crippen LogP contribution is -2.43. The first-order valence-electron chi connectivity index (χ1n) is 13.4. The molecule has 0 unspecified atom stereocenters. The molecule has 2 aliphatic rings. The van der Waals surface area contributed by atoms with Crippen LogP contribution in [0.2, 0.25) is 5.02 Å². The minimum absolute atomic E-state index is 0.0580. The Balaban J connectivity index is 1.60. The number of nitrogens with zero attached hydrogens (tertiary/aromatic N) is 1. The van der Waals surface area contributed by atoms with Crippen LogP contribution in [-0.2, 0) is 4.74 Å². The maximum Gasteiger partial charge on any atom is 0.255 e. The summed E-state index contributed by atoms with van der Waals surface area (Å²) in [6, 6.07) is 7.45. The van der Waals surface area contributed by atoms with Crippen molar-refractivity contribution in [1.82, 2.24) is 15.3 Å². The van der Waals surface area contributed by atoms with Crippen molar-refractivity contribution >= 4 is 28.9 Å². The van der Waals surface area contributed by atoms with E-state index in [1.807, 2.05) is 18.2 Å². The predicted octanol–water partition coefficient (Wildman–Crippen LogP) is 6.45. The fraction of sp³-hybridized carbons (Fsp3) is 0.448. The molecular formula is C29H35ClN4O4. The van der Waals surface area contributed by atoms with E-state index in [1.54, 1.807) is 25.6 Å². The standard InChI is InChI=1S/C29H35ClN4O4/c1-4-5-10-21-17(2)25-24(29(35)33-21)27(32-22-11-6-9-20(30)28(22)36-3)26(34-25)19-12-13-31-15-23(19)38-16-18-8-7-14-37-18/h6,9,11-13,15,17-18,21,32,34H,4-5,7-8,10,14,16H2,1-3H3,(H,33,35)/t17-,18+,21+/m1/s1. The van der Waals surface area contributed by atoms with E-state index in [9.17, 15) is 4.79 Å². The number of anilines is 2. The molecule has 202 valence electrons. The second-order valence-corrected chi connectivity index (χ2v) is 10.3. The normalized spacial score (nSPS) is 20.6. The van der Waals surface area contributed by atoms with Crippen LogP contribution in [0, 0.1) is 0 Å². The second-order valence-electron chi connectivity index (χ2n) is 9.94.